The van der Waals surface area contributed by atoms with E-state index in [-0.39, 0.29) is 23.0 Å². The molecule has 0 aliphatic rings. The van der Waals surface area contributed by atoms with Gasteiger partial charge in [0, 0.05) is 24.2 Å². The number of carbonyl (C=O) groups is 2. The summed E-state index contributed by atoms with van der Waals surface area (Å²) in [6.07, 6.45) is 1.72. The van der Waals surface area contributed by atoms with E-state index >= 15 is 0 Å². The predicted octanol–water partition coefficient (Wildman–Crippen LogP) is 4.88. The highest BCUT2D eigenvalue weighted by Crippen LogP contribution is 2.27. The number of hydrogen-bond donors (Lipinski definition) is 1. The third kappa shape index (κ3) is 7.97. The Kier molecular flexibility index (Phi) is 10.8. The van der Waals surface area contributed by atoms with Crippen LogP contribution in [0.25, 0.3) is 0 Å². The molecule has 1 N–H and O–H groups in total. The van der Waals surface area contributed by atoms with E-state index in [9.17, 15) is 18.0 Å². The fourth-order valence-electron chi connectivity index (χ4n) is 3.92. The first kappa shape index (κ1) is 30.0. The van der Waals surface area contributed by atoms with Crippen LogP contribution in [0.4, 0.5) is 5.69 Å². The molecule has 0 aliphatic carbocycles. The molecule has 0 saturated carbocycles. The minimum Gasteiger partial charge on any atom is -0.497 e. The lowest BCUT2D eigenvalue weighted by Gasteiger charge is -2.32. The number of methoxy groups -OCH3 is 1. The van der Waals surface area contributed by atoms with Crippen molar-refractivity contribution in [1.29, 1.82) is 0 Å². The Morgan fingerprint density at radius 2 is 1.69 bits per heavy atom. The maximum absolute atomic E-state index is 13.9. The largest absolute Gasteiger partial charge is 0.497 e. The summed E-state index contributed by atoms with van der Waals surface area (Å²) in [7, 11) is -2.66. The number of rotatable bonds is 13. The Bertz CT molecular complexity index is 1350. The van der Waals surface area contributed by atoms with Crippen LogP contribution >= 0.6 is 11.6 Å². The van der Waals surface area contributed by atoms with Crippen LogP contribution in [0.2, 0.25) is 5.02 Å². The zero-order chi connectivity index (χ0) is 28.4. The molecule has 0 unspecified atom stereocenters. The Labute approximate surface area is 235 Å². The van der Waals surface area contributed by atoms with Crippen LogP contribution in [0.3, 0.4) is 0 Å². The molecule has 3 aromatic rings. The van der Waals surface area contributed by atoms with Gasteiger partial charge in [-0.05, 0) is 55.3 Å². The quantitative estimate of drug-likeness (QED) is 0.295. The van der Waals surface area contributed by atoms with E-state index < -0.39 is 28.5 Å². The van der Waals surface area contributed by atoms with Crippen LogP contribution in [0.5, 0.6) is 5.75 Å². The molecule has 0 bridgehead atoms. The molecule has 39 heavy (non-hydrogen) atoms. The van der Waals surface area contributed by atoms with Crippen LogP contribution in [-0.4, -0.2) is 51.4 Å². The van der Waals surface area contributed by atoms with Crippen molar-refractivity contribution in [2.45, 2.75) is 44.2 Å². The molecular formula is C29H34ClN3O5S. The number of hydrogen-bond acceptors (Lipinski definition) is 5. The van der Waals surface area contributed by atoms with Crippen molar-refractivity contribution in [3.63, 3.8) is 0 Å². The van der Waals surface area contributed by atoms with Crippen molar-refractivity contribution >= 4 is 39.1 Å². The summed E-state index contributed by atoms with van der Waals surface area (Å²) in [6.45, 7) is 3.71. The summed E-state index contributed by atoms with van der Waals surface area (Å²) < 4.78 is 33.9. The van der Waals surface area contributed by atoms with Crippen LogP contribution in [-0.2, 0) is 26.2 Å². The maximum atomic E-state index is 13.9. The summed E-state index contributed by atoms with van der Waals surface area (Å²) >= 11 is 6.04. The Hall–Kier alpha value is -3.56. The lowest BCUT2D eigenvalue weighted by atomic mass is 10.1. The third-order valence-electron chi connectivity index (χ3n) is 6.21. The number of sulfonamides is 1. The van der Waals surface area contributed by atoms with Crippen molar-refractivity contribution in [2.75, 3.05) is 24.5 Å². The van der Waals surface area contributed by atoms with Gasteiger partial charge in [-0.25, -0.2) is 8.42 Å². The molecule has 2 amide bonds. The third-order valence-corrected chi connectivity index (χ3v) is 8.25. The molecule has 3 rings (SSSR count). The molecule has 10 heteroatoms. The summed E-state index contributed by atoms with van der Waals surface area (Å²) in [6, 6.07) is 20.5. The summed E-state index contributed by atoms with van der Waals surface area (Å²) in [4.78, 5) is 28.3. The standard InChI is InChI=1S/C29H34ClN3O5S/c1-4-5-18-31-29(35)22(2)32(20-23-14-16-24(30)17-15-23)28(34)21-33(25-10-9-11-26(19-25)38-3)39(36,37)27-12-7-6-8-13-27/h6-17,19,22H,4-5,18,20-21H2,1-3H3,(H,31,35)/t22-/m0/s1. The van der Waals surface area contributed by atoms with Gasteiger partial charge in [-0.15, -0.1) is 0 Å². The van der Waals surface area contributed by atoms with E-state index in [0.717, 1.165) is 22.7 Å². The molecule has 3 aromatic carbocycles. The van der Waals surface area contributed by atoms with Crippen LogP contribution < -0.4 is 14.4 Å². The molecule has 208 valence electrons. The monoisotopic (exact) mass is 571 g/mol. The number of benzene rings is 3. The first-order valence-corrected chi connectivity index (χ1v) is 14.5. The van der Waals surface area contributed by atoms with E-state index in [2.05, 4.69) is 5.32 Å². The molecular weight excluding hydrogens is 538 g/mol. The van der Waals surface area contributed by atoms with Gasteiger partial charge in [0.1, 0.15) is 18.3 Å². The van der Waals surface area contributed by atoms with Crippen LogP contribution in [0.15, 0.2) is 83.8 Å². The smallest absolute Gasteiger partial charge is 0.264 e. The summed E-state index contributed by atoms with van der Waals surface area (Å²) in [5.74, 6) is -0.412. The average molecular weight is 572 g/mol. The number of halogens is 1. The highest BCUT2D eigenvalue weighted by molar-refractivity contribution is 7.92. The minimum atomic E-state index is -4.14. The Morgan fingerprint density at radius 1 is 1.00 bits per heavy atom. The molecule has 0 spiro atoms. The van der Waals surface area contributed by atoms with Crippen molar-refractivity contribution in [2.24, 2.45) is 0 Å². The molecule has 0 aliphatic heterocycles. The highest BCUT2D eigenvalue weighted by Gasteiger charge is 2.32. The second-order valence-corrected chi connectivity index (χ2v) is 11.3. The summed E-state index contributed by atoms with van der Waals surface area (Å²) in [5.41, 5.74) is 1.01. The van der Waals surface area contributed by atoms with Crippen molar-refractivity contribution in [1.82, 2.24) is 10.2 Å². The Balaban J connectivity index is 2.00. The fourth-order valence-corrected chi connectivity index (χ4v) is 5.47. The molecule has 0 fully saturated rings. The van der Waals surface area contributed by atoms with Crippen LogP contribution in [0.1, 0.15) is 32.3 Å². The van der Waals surface area contributed by atoms with Gasteiger partial charge in [-0.2, -0.15) is 0 Å². The molecule has 0 heterocycles. The zero-order valence-electron chi connectivity index (χ0n) is 22.3. The minimum absolute atomic E-state index is 0.0372. The molecule has 1 atom stereocenters. The Morgan fingerprint density at radius 3 is 2.33 bits per heavy atom. The first-order chi connectivity index (χ1) is 18.7. The number of anilines is 1. The molecule has 0 radical (unpaired) electrons. The number of nitrogens with zero attached hydrogens (tertiary/aromatic N) is 2. The van der Waals surface area contributed by atoms with Gasteiger partial charge >= 0.3 is 0 Å². The SMILES string of the molecule is CCCCNC(=O)[C@H](C)N(Cc1ccc(Cl)cc1)C(=O)CN(c1cccc(OC)c1)S(=O)(=O)c1ccccc1. The van der Waals surface area contributed by atoms with Crippen LogP contribution in [0, 0.1) is 0 Å². The second kappa shape index (κ2) is 14.0. The average Bonchev–Trinajstić information content (AvgIpc) is 2.95. The van der Waals surface area contributed by atoms with Gasteiger partial charge in [-0.1, -0.05) is 61.3 Å². The van der Waals surface area contributed by atoms with Gasteiger partial charge in [0.05, 0.1) is 17.7 Å². The number of carbonyl (C=O) groups excluding carboxylic acids is 2. The molecule has 8 nitrogen and oxygen atoms in total. The first-order valence-electron chi connectivity index (χ1n) is 12.7. The number of amides is 2. The van der Waals surface area contributed by atoms with E-state index in [4.69, 9.17) is 16.3 Å². The lowest BCUT2D eigenvalue weighted by Crippen LogP contribution is -2.51. The zero-order valence-corrected chi connectivity index (χ0v) is 23.9. The van der Waals surface area contributed by atoms with E-state index in [0.29, 0.717) is 17.3 Å². The maximum Gasteiger partial charge on any atom is 0.264 e. The van der Waals surface area contributed by atoms with E-state index in [1.165, 1.54) is 24.1 Å². The molecule has 0 aromatic heterocycles. The number of nitrogens with one attached hydrogen (secondary N) is 1. The normalized spacial score (nSPS) is 11.9. The van der Waals surface area contributed by atoms with Gasteiger partial charge in [0.25, 0.3) is 10.0 Å². The number of ether oxygens (including phenoxy) is 1. The van der Waals surface area contributed by atoms with Gasteiger partial charge in [-0.3, -0.25) is 13.9 Å². The number of unbranched alkanes of at least 4 members (excludes halogenated alkanes) is 1. The van der Waals surface area contributed by atoms with Gasteiger partial charge in [0.2, 0.25) is 11.8 Å². The van der Waals surface area contributed by atoms with E-state index in [1.807, 2.05) is 6.92 Å². The molecule has 0 saturated heterocycles. The van der Waals surface area contributed by atoms with Crippen molar-refractivity contribution in [3.8, 4) is 5.75 Å². The van der Waals surface area contributed by atoms with Crippen molar-refractivity contribution < 1.29 is 22.7 Å². The topological polar surface area (TPSA) is 96.0 Å². The highest BCUT2D eigenvalue weighted by atomic mass is 35.5. The van der Waals surface area contributed by atoms with E-state index in [1.54, 1.807) is 73.7 Å². The van der Waals surface area contributed by atoms with Crippen molar-refractivity contribution in [3.05, 3.63) is 89.4 Å². The van der Waals surface area contributed by atoms with Gasteiger partial charge in [0.15, 0.2) is 0 Å². The predicted molar refractivity (Wildman–Crippen MR) is 153 cm³/mol. The lowest BCUT2D eigenvalue weighted by molar-refractivity contribution is -0.139. The van der Waals surface area contributed by atoms with Gasteiger partial charge < -0.3 is 15.0 Å². The fraction of sp³-hybridized carbons (Fsp3) is 0.310. The summed E-state index contributed by atoms with van der Waals surface area (Å²) in [5, 5.41) is 3.41. The second-order valence-electron chi connectivity index (χ2n) is 8.99.